The predicted octanol–water partition coefficient (Wildman–Crippen LogP) is 6.85. The largest absolute Gasteiger partial charge is 0.496 e. The van der Waals surface area contributed by atoms with Crippen molar-refractivity contribution in [3.05, 3.63) is 116 Å². The Hall–Kier alpha value is -6.64. The number of benzene rings is 3. The van der Waals surface area contributed by atoms with Crippen LogP contribution < -0.4 is 36.5 Å². The van der Waals surface area contributed by atoms with Crippen LogP contribution in [0.2, 0.25) is 0 Å². The van der Waals surface area contributed by atoms with Crippen LogP contribution >= 0.6 is 11.3 Å². The molecular weight excluding hydrogens is 1000 g/mol. The number of aliphatic hydroxyl groups is 1. The maximum Gasteiger partial charge on any atom is 0.256 e. The number of H-pyrrole nitrogens is 1. The molecule has 2 saturated heterocycles. The van der Waals surface area contributed by atoms with E-state index in [2.05, 4.69) is 49.1 Å². The Bertz CT molecular complexity index is 2880. The predicted molar refractivity (Wildman–Crippen MR) is 299 cm³/mol. The molecule has 414 valence electrons. The summed E-state index contributed by atoms with van der Waals surface area (Å²) in [7, 11) is 1.50. The molecule has 0 bridgehead atoms. The number of methoxy groups -OCH3 is 1. The number of carbonyl (C=O) groups excluding carboxylic acids is 4. The Labute approximate surface area is 455 Å². The topological polar surface area (TPSA) is 226 Å². The fraction of sp³-hybridized carbons (Fsp3) is 0.483. The fourth-order valence-electron chi connectivity index (χ4n) is 9.97. The highest BCUT2D eigenvalue weighted by Gasteiger charge is 2.45. The minimum atomic E-state index is -0.989. The third-order valence-electron chi connectivity index (χ3n) is 14.2. The van der Waals surface area contributed by atoms with Crippen molar-refractivity contribution in [1.82, 2.24) is 30.8 Å². The second kappa shape index (κ2) is 26.6. The lowest BCUT2D eigenvalue weighted by Crippen LogP contribution is -2.58. The number of β-amino-alcohol motifs (C(OH)–C–C–N with tert-alkyl or cyclic N) is 1. The van der Waals surface area contributed by atoms with Gasteiger partial charge >= 0.3 is 0 Å². The van der Waals surface area contributed by atoms with Crippen LogP contribution in [0.4, 0.5) is 11.4 Å². The summed E-state index contributed by atoms with van der Waals surface area (Å²) in [6, 6.07) is 19.7. The molecule has 4 heterocycles. The van der Waals surface area contributed by atoms with Gasteiger partial charge in [-0.25, -0.2) is 4.98 Å². The van der Waals surface area contributed by atoms with Crippen LogP contribution in [0.5, 0.6) is 5.75 Å². The van der Waals surface area contributed by atoms with Crippen molar-refractivity contribution >= 4 is 46.3 Å². The Kier molecular flexibility index (Phi) is 20.1. The standard InChI is InChI=1S/C58H76N8O10S/c1-10-65(44-19-22-74-23-20-44)48-29-42(28-46(36(48)3)54(69)60-31-47-50(73-9)27-35(2)62-55(47)70)40-15-17-43(18-16-40)59-21-24-75-25-26-76-33-51(68)64-53(58(6,7)8)57(72)66-32-45(67)30-49(66)56(71)63-37(4)39-11-13-41(14-12-39)52-38(5)61-34-77-52/h11-18,27-29,34,37,44-45,49,53,59,67H,10,19-26,30-33H2,1-9H3,(H,60,69)(H,62,70)(H,63,71)(H,64,68)/t37?,45-,49+,53?/m1/s1. The molecule has 77 heavy (non-hydrogen) atoms. The number of anilines is 2. The van der Waals surface area contributed by atoms with E-state index in [0.717, 1.165) is 69.1 Å². The van der Waals surface area contributed by atoms with Crippen LogP contribution in [0.1, 0.15) is 98.4 Å². The van der Waals surface area contributed by atoms with E-state index in [9.17, 15) is 29.1 Å². The molecule has 18 nitrogen and oxygen atoms in total. The van der Waals surface area contributed by atoms with Gasteiger partial charge in [0.25, 0.3) is 11.5 Å². The summed E-state index contributed by atoms with van der Waals surface area (Å²) in [5.41, 5.74) is 9.69. The lowest BCUT2D eigenvalue weighted by molar-refractivity contribution is -0.144. The number of nitrogens with zero attached hydrogens (tertiary/aromatic N) is 3. The highest BCUT2D eigenvalue weighted by molar-refractivity contribution is 7.13. The summed E-state index contributed by atoms with van der Waals surface area (Å²) < 4.78 is 22.6. The van der Waals surface area contributed by atoms with Gasteiger partial charge in [0.15, 0.2) is 0 Å². The van der Waals surface area contributed by atoms with Crippen molar-refractivity contribution < 1.29 is 43.2 Å². The smallest absolute Gasteiger partial charge is 0.256 e. The molecule has 3 aromatic carbocycles. The molecule has 6 N–H and O–H groups in total. The summed E-state index contributed by atoms with van der Waals surface area (Å²) in [4.78, 5) is 79.9. The van der Waals surface area contributed by atoms with Crippen LogP contribution in [0.3, 0.4) is 0 Å². The van der Waals surface area contributed by atoms with Crippen LogP contribution in [-0.4, -0.2) is 134 Å². The molecule has 0 saturated carbocycles. The van der Waals surface area contributed by atoms with E-state index in [0.29, 0.717) is 48.9 Å². The maximum absolute atomic E-state index is 14.1. The van der Waals surface area contributed by atoms with Crippen molar-refractivity contribution in [2.24, 2.45) is 5.41 Å². The van der Waals surface area contributed by atoms with Crippen molar-refractivity contribution in [3.63, 3.8) is 0 Å². The zero-order valence-electron chi connectivity index (χ0n) is 45.9. The summed E-state index contributed by atoms with van der Waals surface area (Å²) in [6.45, 7) is 18.2. The third kappa shape index (κ3) is 14.9. The number of hydrogen-bond donors (Lipinski definition) is 6. The van der Waals surface area contributed by atoms with E-state index in [1.165, 1.54) is 12.0 Å². The van der Waals surface area contributed by atoms with Gasteiger partial charge in [-0.2, -0.15) is 0 Å². The monoisotopic (exact) mass is 1080 g/mol. The second-order valence-electron chi connectivity index (χ2n) is 20.9. The summed E-state index contributed by atoms with van der Waals surface area (Å²) in [6.07, 6.45) is 0.956. The molecule has 4 atom stereocenters. The van der Waals surface area contributed by atoms with Gasteiger partial charge in [0.1, 0.15) is 24.4 Å². The van der Waals surface area contributed by atoms with E-state index in [1.807, 2.05) is 102 Å². The van der Waals surface area contributed by atoms with Crippen LogP contribution in [-0.2, 0) is 35.1 Å². The molecule has 2 unspecified atom stereocenters. The second-order valence-corrected chi connectivity index (χ2v) is 21.7. The first kappa shape index (κ1) is 58.1. The van der Waals surface area contributed by atoms with E-state index in [-0.39, 0.29) is 68.8 Å². The quantitative estimate of drug-likeness (QED) is 0.0369. The Morgan fingerprint density at radius 3 is 2.30 bits per heavy atom. The van der Waals surface area contributed by atoms with E-state index >= 15 is 0 Å². The zero-order valence-corrected chi connectivity index (χ0v) is 46.7. The van der Waals surface area contributed by atoms with Crippen molar-refractivity contribution in [1.29, 1.82) is 0 Å². The summed E-state index contributed by atoms with van der Waals surface area (Å²) >= 11 is 1.57. The highest BCUT2D eigenvalue weighted by Crippen LogP contribution is 2.35. The number of pyridine rings is 1. The van der Waals surface area contributed by atoms with Gasteiger partial charge in [0.2, 0.25) is 17.7 Å². The number of aryl methyl sites for hydroxylation is 2. The first-order valence-electron chi connectivity index (χ1n) is 26.5. The lowest BCUT2D eigenvalue weighted by atomic mass is 9.85. The third-order valence-corrected chi connectivity index (χ3v) is 15.2. The Balaban J connectivity index is 0.878. The SMILES string of the molecule is CCN(c1cc(-c2ccc(NCCOCCOCC(=O)NC(C(=O)N3C[C@H](O)C[C@H]3C(=O)NC(C)c3ccc(-c4scnc4C)cc3)C(C)(C)C)cc2)cc(C(=O)NCc2c(OC)cc(C)[nH]c2=O)c1C)C1CCOCC1. The van der Waals surface area contributed by atoms with Gasteiger partial charge in [-0.15, -0.1) is 11.3 Å². The van der Waals surface area contributed by atoms with Crippen LogP contribution in [0, 0.1) is 26.2 Å². The van der Waals surface area contributed by atoms with Gasteiger partial charge in [-0.1, -0.05) is 57.2 Å². The van der Waals surface area contributed by atoms with Crippen molar-refractivity contribution in [2.45, 2.75) is 111 Å². The Morgan fingerprint density at radius 1 is 0.935 bits per heavy atom. The Morgan fingerprint density at radius 2 is 1.64 bits per heavy atom. The maximum atomic E-state index is 14.1. The van der Waals surface area contributed by atoms with Crippen molar-refractivity contribution in [2.75, 3.05) is 76.6 Å². The number of hydrogen-bond acceptors (Lipinski definition) is 14. The average Bonchev–Trinajstić information content (AvgIpc) is 4.03. The molecule has 2 fully saturated rings. The summed E-state index contributed by atoms with van der Waals surface area (Å²) in [5.74, 6) is -1.21. The van der Waals surface area contributed by atoms with Crippen LogP contribution in [0.25, 0.3) is 21.6 Å². The number of aromatic amines is 1. The van der Waals surface area contributed by atoms with Gasteiger partial charge in [0, 0.05) is 67.9 Å². The highest BCUT2D eigenvalue weighted by atomic mass is 32.1. The number of aromatic nitrogens is 2. The number of likely N-dealkylation sites (tertiary alicyclic amines) is 1. The van der Waals surface area contributed by atoms with E-state index in [1.54, 1.807) is 24.3 Å². The van der Waals surface area contributed by atoms with Gasteiger partial charge < -0.3 is 60.1 Å². The minimum absolute atomic E-state index is 0.00539. The molecule has 5 aromatic rings. The average molecular weight is 1080 g/mol. The first-order valence-corrected chi connectivity index (χ1v) is 27.4. The minimum Gasteiger partial charge on any atom is -0.496 e. The molecule has 0 aliphatic carbocycles. The fourth-order valence-corrected chi connectivity index (χ4v) is 10.8. The van der Waals surface area contributed by atoms with Crippen molar-refractivity contribution in [3.8, 4) is 27.3 Å². The number of aliphatic hydroxyl groups excluding tert-OH is 1. The number of nitrogens with one attached hydrogen (secondary N) is 5. The molecule has 2 aromatic heterocycles. The summed E-state index contributed by atoms with van der Waals surface area (Å²) in [5, 5.41) is 22.9. The van der Waals surface area contributed by atoms with E-state index in [4.69, 9.17) is 18.9 Å². The lowest BCUT2D eigenvalue weighted by Gasteiger charge is -2.37. The van der Waals surface area contributed by atoms with Gasteiger partial charge in [-0.3, -0.25) is 24.0 Å². The number of thiazole rings is 1. The molecule has 4 amide bonds. The molecule has 0 spiro atoms. The number of ether oxygens (including phenoxy) is 4. The van der Waals surface area contributed by atoms with Gasteiger partial charge in [-0.05, 0) is 111 Å². The van der Waals surface area contributed by atoms with E-state index < -0.39 is 35.4 Å². The molecular formula is C58H76N8O10S. The molecule has 7 rings (SSSR count). The normalized spacial score (nSPS) is 16.6. The molecule has 0 radical (unpaired) electrons. The number of carbonyl (C=O) groups is 4. The number of amides is 4. The zero-order chi connectivity index (χ0) is 55.4. The number of rotatable bonds is 23. The molecule has 2 aliphatic rings. The molecule has 19 heteroatoms. The van der Waals surface area contributed by atoms with Crippen LogP contribution in [0.15, 0.2) is 77.0 Å². The molecule has 2 aliphatic heterocycles. The van der Waals surface area contributed by atoms with Gasteiger partial charge in [0.05, 0.1) is 67.3 Å². The first-order chi connectivity index (χ1) is 36.9.